The van der Waals surface area contributed by atoms with E-state index in [9.17, 15) is 13.2 Å². The van der Waals surface area contributed by atoms with Gasteiger partial charge in [-0.2, -0.15) is 0 Å². The van der Waals surface area contributed by atoms with Crippen LogP contribution < -0.4 is 10.0 Å². The Morgan fingerprint density at radius 2 is 1.70 bits per heavy atom. The average Bonchev–Trinajstić information content (AvgIpc) is 2.74. The van der Waals surface area contributed by atoms with E-state index < -0.39 is 10.0 Å². The fraction of sp³-hybridized carbons (Fsp3) is 0.174. The Bertz CT molecular complexity index is 1180. The summed E-state index contributed by atoms with van der Waals surface area (Å²) in [7, 11) is -3.94. The van der Waals surface area contributed by atoms with Crippen LogP contribution in [0, 0.1) is 0 Å². The van der Waals surface area contributed by atoms with Crippen molar-refractivity contribution in [1.82, 2.24) is 5.32 Å². The number of anilines is 1. The first-order chi connectivity index (χ1) is 14.4. The molecule has 0 saturated heterocycles. The molecule has 0 unspecified atom stereocenters. The minimum atomic E-state index is -3.94. The van der Waals surface area contributed by atoms with Crippen LogP contribution in [0.3, 0.4) is 0 Å². The van der Waals surface area contributed by atoms with Gasteiger partial charge in [-0.05, 0) is 60.7 Å². The first-order valence-electron chi connectivity index (χ1n) is 9.70. The quantitative estimate of drug-likeness (QED) is 0.589. The zero-order valence-corrected chi connectivity index (χ0v) is 17.7. The lowest BCUT2D eigenvalue weighted by Crippen LogP contribution is -2.31. The number of halogens is 1. The molecular formula is C23H21ClN2O3S. The lowest BCUT2D eigenvalue weighted by atomic mass is 9.87. The van der Waals surface area contributed by atoms with Crippen molar-refractivity contribution in [3.63, 3.8) is 0 Å². The molecule has 0 saturated carbocycles. The number of hydrogen-bond acceptors (Lipinski definition) is 3. The minimum Gasteiger partial charge on any atom is -0.345 e. The van der Waals surface area contributed by atoms with Gasteiger partial charge in [0.25, 0.3) is 15.9 Å². The Labute approximate surface area is 181 Å². The van der Waals surface area contributed by atoms with Crippen LogP contribution in [0.5, 0.6) is 0 Å². The average molecular weight is 441 g/mol. The maximum atomic E-state index is 12.9. The number of amides is 1. The van der Waals surface area contributed by atoms with E-state index in [1.54, 1.807) is 30.3 Å². The number of carbonyl (C=O) groups is 1. The lowest BCUT2D eigenvalue weighted by molar-refractivity contribution is 0.0932. The molecule has 0 spiro atoms. The van der Waals surface area contributed by atoms with Crippen molar-refractivity contribution in [1.29, 1.82) is 0 Å². The van der Waals surface area contributed by atoms with Gasteiger partial charge in [0.1, 0.15) is 4.90 Å². The van der Waals surface area contributed by atoms with Gasteiger partial charge in [-0.15, -0.1) is 0 Å². The summed E-state index contributed by atoms with van der Waals surface area (Å²) in [6.45, 7) is 0. The van der Waals surface area contributed by atoms with Crippen molar-refractivity contribution in [2.45, 2.75) is 30.2 Å². The van der Waals surface area contributed by atoms with Crippen LogP contribution in [0.2, 0.25) is 5.02 Å². The second kappa shape index (κ2) is 8.50. The molecule has 154 valence electrons. The first kappa shape index (κ1) is 20.4. The predicted molar refractivity (Wildman–Crippen MR) is 118 cm³/mol. The standard InChI is InChI=1S/C23H21ClN2O3S/c24-20-14-13-17(15-22(20)30(28,29)26-18-9-2-1-3-10-18)23(27)25-21-12-6-8-16-7-4-5-11-19(16)21/h1-5,7,9-11,13-15,21,26H,6,8,12H2,(H,25,27)/t21-/m1/s1. The van der Waals surface area contributed by atoms with E-state index in [0.29, 0.717) is 5.69 Å². The van der Waals surface area contributed by atoms with Gasteiger partial charge in [0.15, 0.2) is 0 Å². The van der Waals surface area contributed by atoms with Crippen molar-refractivity contribution in [3.05, 3.63) is 94.5 Å². The molecule has 1 amide bonds. The highest BCUT2D eigenvalue weighted by atomic mass is 35.5. The second-order valence-electron chi connectivity index (χ2n) is 7.23. The van der Waals surface area contributed by atoms with Crippen LogP contribution in [0.15, 0.2) is 77.7 Å². The minimum absolute atomic E-state index is 0.0537. The zero-order valence-electron chi connectivity index (χ0n) is 16.1. The second-order valence-corrected chi connectivity index (χ2v) is 9.29. The summed E-state index contributed by atoms with van der Waals surface area (Å²) in [5.74, 6) is -0.329. The van der Waals surface area contributed by atoms with E-state index in [1.165, 1.54) is 23.8 Å². The summed E-state index contributed by atoms with van der Waals surface area (Å²) in [6, 6.07) is 20.8. The first-order valence-corrected chi connectivity index (χ1v) is 11.6. The van der Waals surface area contributed by atoms with Crippen molar-refractivity contribution < 1.29 is 13.2 Å². The number of benzene rings is 3. The van der Waals surface area contributed by atoms with E-state index in [1.807, 2.05) is 18.2 Å². The number of para-hydroxylation sites is 1. The Kier molecular flexibility index (Phi) is 5.79. The Balaban J connectivity index is 1.58. The smallest absolute Gasteiger partial charge is 0.263 e. The number of aryl methyl sites for hydroxylation is 1. The molecule has 7 heteroatoms. The van der Waals surface area contributed by atoms with E-state index >= 15 is 0 Å². The molecule has 0 fully saturated rings. The van der Waals surface area contributed by atoms with Gasteiger partial charge < -0.3 is 5.32 Å². The van der Waals surface area contributed by atoms with Gasteiger partial charge in [-0.25, -0.2) is 8.42 Å². The molecule has 0 radical (unpaired) electrons. The number of nitrogens with one attached hydrogen (secondary N) is 2. The fourth-order valence-corrected chi connectivity index (χ4v) is 5.30. The topological polar surface area (TPSA) is 75.3 Å². The molecule has 3 aromatic carbocycles. The number of fused-ring (bicyclic) bond motifs is 1. The summed E-state index contributed by atoms with van der Waals surface area (Å²) in [6.07, 6.45) is 2.83. The van der Waals surface area contributed by atoms with Crippen LogP contribution in [0.1, 0.15) is 40.4 Å². The van der Waals surface area contributed by atoms with E-state index in [-0.39, 0.29) is 27.4 Å². The SMILES string of the molecule is O=C(N[C@@H]1CCCc2ccccc21)c1ccc(Cl)c(S(=O)(=O)Nc2ccccc2)c1. The van der Waals surface area contributed by atoms with E-state index in [4.69, 9.17) is 11.6 Å². The van der Waals surface area contributed by atoms with Crippen LogP contribution in [-0.2, 0) is 16.4 Å². The fourth-order valence-electron chi connectivity index (χ4n) is 3.71. The monoisotopic (exact) mass is 440 g/mol. The largest absolute Gasteiger partial charge is 0.345 e. The van der Waals surface area contributed by atoms with Crippen molar-refractivity contribution in [3.8, 4) is 0 Å². The van der Waals surface area contributed by atoms with Crippen LogP contribution >= 0.6 is 11.6 Å². The number of rotatable bonds is 5. The molecule has 0 aromatic heterocycles. The molecule has 1 atom stereocenters. The Morgan fingerprint density at radius 1 is 0.967 bits per heavy atom. The molecule has 3 aromatic rings. The third-order valence-electron chi connectivity index (χ3n) is 5.18. The molecule has 1 aliphatic rings. The highest BCUT2D eigenvalue weighted by molar-refractivity contribution is 7.92. The molecule has 2 N–H and O–H groups in total. The molecule has 0 heterocycles. The van der Waals surface area contributed by atoms with Gasteiger partial charge in [-0.1, -0.05) is 54.1 Å². The summed E-state index contributed by atoms with van der Waals surface area (Å²) >= 11 is 6.16. The van der Waals surface area contributed by atoms with Gasteiger partial charge >= 0.3 is 0 Å². The maximum Gasteiger partial charge on any atom is 0.263 e. The van der Waals surface area contributed by atoms with Gasteiger partial charge in [-0.3, -0.25) is 9.52 Å². The van der Waals surface area contributed by atoms with Gasteiger partial charge in [0.2, 0.25) is 0 Å². The van der Waals surface area contributed by atoms with E-state index in [0.717, 1.165) is 24.8 Å². The molecule has 30 heavy (non-hydrogen) atoms. The Hall–Kier alpha value is -2.83. The Morgan fingerprint density at radius 3 is 2.50 bits per heavy atom. The molecule has 4 rings (SSSR count). The summed E-state index contributed by atoms with van der Waals surface area (Å²) in [5.41, 5.74) is 3.02. The molecule has 5 nitrogen and oxygen atoms in total. The lowest BCUT2D eigenvalue weighted by Gasteiger charge is -2.26. The van der Waals surface area contributed by atoms with Crippen molar-refractivity contribution >= 4 is 33.2 Å². The maximum absolute atomic E-state index is 12.9. The third-order valence-corrected chi connectivity index (χ3v) is 7.05. The van der Waals surface area contributed by atoms with Crippen molar-refractivity contribution in [2.75, 3.05) is 4.72 Å². The summed E-state index contributed by atoms with van der Waals surface area (Å²) < 4.78 is 28.1. The third kappa shape index (κ3) is 4.35. The highest BCUT2D eigenvalue weighted by Gasteiger charge is 2.24. The van der Waals surface area contributed by atoms with Gasteiger partial charge in [0, 0.05) is 11.3 Å². The molecule has 0 aliphatic heterocycles. The predicted octanol–water partition coefficient (Wildman–Crippen LogP) is 4.95. The molecule has 0 bridgehead atoms. The summed E-state index contributed by atoms with van der Waals surface area (Å²) in [5, 5.41) is 3.10. The summed E-state index contributed by atoms with van der Waals surface area (Å²) in [4.78, 5) is 12.8. The number of hydrogen-bond donors (Lipinski definition) is 2. The van der Waals surface area contributed by atoms with Gasteiger partial charge in [0.05, 0.1) is 11.1 Å². The number of carbonyl (C=O) groups excluding carboxylic acids is 1. The normalized spacial score (nSPS) is 15.8. The van der Waals surface area contributed by atoms with Crippen molar-refractivity contribution in [2.24, 2.45) is 0 Å². The highest BCUT2D eigenvalue weighted by Crippen LogP contribution is 2.30. The molecule has 1 aliphatic carbocycles. The van der Waals surface area contributed by atoms with Crippen LogP contribution in [-0.4, -0.2) is 14.3 Å². The van der Waals surface area contributed by atoms with Crippen LogP contribution in [0.4, 0.5) is 5.69 Å². The van der Waals surface area contributed by atoms with Crippen LogP contribution in [0.25, 0.3) is 0 Å². The molecular weight excluding hydrogens is 420 g/mol. The van der Waals surface area contributed by atoms with E-state index in [2.05, 4.69) is 16.1 Å². The zero-order chi connectivity index (χ0) is 21.1. The number of sulfonamides is 1.